The van der Waals surface area contributed by atoms with Crippen LogP contribution >= 0.6 is 0 Å². The molecule has 0 aromatic heterocycles. The summed E-state index contributed by atoms with van der Waals surface area (Å²) in [5.74, 6) is -2.90. The van der Waals surface area contributed by atoms with Crippen molar-refractivity contribution in [2.45, 2.75) is 43.2 Å². The van der Waals surface area contributed by atoms with Crippen molar-refractivity contribution in [2.75, 3.05) is 13.1 Å². The Balaban J connectivity index is 1.61. The normalized spacial score (nSPS) is 23.4. The predicted molar refractivity (Wildman–Crippen MR) is 102 cm³/mol. The highest BCUT2D eigenvalue weighted by atomic mass is 32.2. The number of nitrogens with one attached hydrogen (secondary N) is 1. The van der Waals surface area contributed by atoms with Crippen LogP contribution in [0.25, 0.3) is 0 Å². The van der Waals surface area contributed by atoms with Gasteiger partial charge >= 0.3 is 5.97 Å². The van der Waals surface area contributed by atoms with Crippen molar-refractivity contribution in [1.29, 1.82) is 0 Å². The number of piperidine rings is 2. The first-order valence-electron chi connectivity index (χ1n) is 9.69. The average molecular weight is 435 g/mol. The van der Waals surface area contributed by atoms with E-state index in [9.17, 15) is 27.6 Å². The highest BCUT2D eigenvalue weighted by Gasteiger charge is 2.42. The fraction of sp³-hybridized carbons (Fsp3) is 0.474. The molecule has 2 saturated heterocycles. The third-order valence-electron chi connectivity index (χ3n) is 5.96. The maximum Gasteiger partial charge on any atom is 0.306 e. The Bertz CT molecular complexity index is 1040. The average Bonchev–Trinajstić information content (AvgIpc) is 3.04. The van der Waals surface area contributed by atoms with E-state index in [1.54, 1.807) is 0 Å². The second-order valence-electron chi connectivity index (χ2n) is 7.70. The lowest BCUT2D eigenvalue weighted by atomic mass is 9.99. The van der Waals surface area contributed by atoms with Gasteiger partial charge in [0, 0.05) is 37.2 Å². The van der Waals surface area contributed by atoms with Crippen LogP contribution in [-0.4, -0.2) is 65.6 Å². The number of carbonyl (C=O) groups excluding carboxylic acids is 3. The van der Waals surface area contributed by atoms with Gasteiger partial charge in [0.25, 0.3) is 5.91 Å². The Morgan fingerprint density at radius 2 is 1.80 bits per heavy atom. The molecule has 1 atom stereocenters. The molecule has 0 aliphatic carbocycles. The fourth-order valence-electron chi connectivity index (χ4n) is 4.28. The van der Waals surface area contributed by atoms with Crippen LogP contribution in [-0.2, 0) is 31.0 Å². The lowest BCUT2D eigenvalue weighted by Crippen LogP contribution is -2.52. The van der Waals surface area contributed by atoms with Gasteiger partial charge in [-0.3, -0.25) is 24.5 Å². The molecule has 30 heavy (non-hydrogen) atoms. The van der Waals surface area contributed by atoms with Gasteiger partial charge in [0.05, 0.1) is 10.8 Å². The molecule has 1 unspecified atom stereocenters. The SMILES string of the molecule is O=C1CCC(N2Cc3c(cccc3S(=O)(=O)N3CCC(C(=O)O)CC3)C2=O)C(=O)N1. The summed E-state index contributed by atoms with van der Waals surface area (Å²) in [5.41, 5.74) is 0.550. The first-order chi connectivity index (χ1) is 14.2. The molecule has 1 aromatic carbocycles. The van der Waals surface area contributed by atoms with Gasteiger partial charge in [-0.1, -0.05) is 6.07 Å². The second-order valence-corrected chi connectivity index (χ2v) is 9.61. The van der Waals surface area contributed by atoms with Crippen molar-refractivity contribution in [3.63, 3.8) is 0 Å². The summed E-state index contributed by atoms with van der Waals surface area (Å²) < 4.78 is 27.7. The number of benzene rings is 1. The molecular weight excluding hydrogens is 414 g/mol. The van der Waals surface area contributed by atoms with Crippen molar-refractivity contribution in [1.82, 2.24) is 14.5 Å². The molecule has 0 saturated carbocycles. The molecule has 1 aromatic rings. The monoisotopic (exact) mass is 435 g/mol. The number of fused-ring (bicyclic) bond motifs is 1. The number of carboxylic acids is 1. The molecule has 2 fully saturated rings. The highest BCUT2D eigenvalue weighted by Crippen LogP contribution is 2.34. The van der Waals surface area contributed by atoms with E-state index in [1.807, 2.05) is 0 Å². The molecular formula is C19H21N3O7S. The largest absolute Gasteiger partial charge is 0.481 e. The fourth-order valence-corrected chi connectivity index (χ4v) is 5.99. The molecule has 0 spiro atoms. The highest BCUT2D eigenvalue weighted by molar-refractivity contribution is 7.89. The maximum absolute atomic E-state index is 13.2. The lowest BCUT2D eigenvalue weighted by molar-refractivity contribution is -0.143. The summed E-state index contributed by atoms with van der Waals surface area (Å²) in [5, 5.41) is 11.3. The molecule has 11 heteroatoms. The van der Waals surface area contributed by atoms with Gasteiger partial charge in [0.2, 0.25) is 21.8 Å². The van der Waals surface area contributed by atoms with Crippen LogP contribution in [0.1, 0.15) is 41.6 Å². The minimum atomic E-state index is -3.93. The molecule has 0 bridgehead atoms. The molecule has 160 valence electrons. The number of aliphatic carboxylic acids is 1. The smallest absolute Gasteiger partial charge is 0.306 e. The van der Waals surface area contributed by atoms with E-state index in [4.69, 9.17) is 5.11 Å². The zero-order valence-electron chi connectivity index (χ0n) is 16.0. The van der Waals surface area contributed by atoms with E-state index in [0.717, 1.165) is 0 Å². The van der Waals surface area contributed by atoms with E-state index in [1.165, 1.54) is 27.4 Å². The van der Waals surface area contributed by atoms with Crippen molar-refractivity contribution in [3.05, 3.63) is 29.3 Å². The third-order valence-corrected chi connectivity index (χ3v) is 7.94. The van der Waals surface area contributed by atoms with Gasteiger partial charge in [0.15, 0.2) is 0 Å². The topological polar surface area (TPSA) is 141 Å². The zero-order valence-corrected chi connectivity index (χ0v) is 16.9. The first kappa shape index (κ1) is 20.5. The summed E-state index contributed by atoms with van der Waals surface area (Å²) >= 11 is 0. The van der Waals surface area contributed by atoms with Gasteiger partial charge in [0.1, 0.15) is 6.04 Å². The minimum Gasteiger partial charge on any atom is -0.481 e. The third kappa shape index (κ3) is 3.37. The number of imide groups is 1. The maximum atomic E-state index is 13.2. The Hall–Kier alpha value is -2.79. The van der Waals surface area contributed by atoms with Crippen LogP contribution in [0.2, 0.25) is 0 Å². The summed E-state index contributed by atoms with van der Waals surface area (Å²) in [7, 11) is -3.93. The zero-order chi connectivity index (χ0) is 21.6. The number of amides is 3. The molecule has 4 rings (SSSR count). The van der Waals surface area contributed by atoms with E-state index in [0.29, 0.717) is 5.56 Å². The van der Waals surface area contributed by atoms with Crippen LogP contribution in [0, 0.1) is 5.92 Å². The molecule has 3 amide bonds. The van der Waals surface area contributed by atoms with Crippen LogP contribution in [0.4, 0.5) is 0 Å². The van der Waals surface area contributed by atoms with Gasteiger partial charge in [-0.15, -0.1) is 0 Å². The molecule has 0 radical (unpaired) electrons. The first-order valence-corrected chi connectivity index (χ1v) is 11.1. The number of rotatable bonds is 4. The molecule has 3 aliphatic rings. The number of hydrogen-bond donors (Lipinski definition) is 2. The van der Waals surface area contributed by atoms with E-state index >= 15 is 0 Å². The Kier molecular flexibility index (Phi) is 5.10. The van der Waals surface area contributed by atoms with E-state index < -0.39 is 45.7 Å². The van der Waals surface area contributed by atoms with Gasteiger partial charge in [-0.25, -0.2) is 8.42 Å². The van der Waals surface area contributed by atoms with Crippen LogP contribution in [0.3, 0.4) is 0 Å². The number of nitrogens with zero attached hydrogens (tertiary/aromatic N) is 2. The summed E-state index contributed by atoms with van der Waals surface area (Å²) in [6.45, 7) is 0.142. The minimum absolute atomic E-state index is 0.00285. The Morgan fingerprint density at radius 1 is 1.10 bits per heavy atom. The van der Waals surface area contributed by atoms with Gasteiger partial charge in [-0.05, 0) is 31.4 Å². The van der Waals surface area contributed by atoms with Crippen molar-refractivity contribution in [2.24, 2.45) is 5.92 Å². The Morgan fingerprint density at radius 3 is 2.43 bits per heavy atom. The quantitative estimate of drug-likeness (QED) is 0.631. The number of carboxylic acid groups (broad SMARTS) is 1. The van der Waals surface area contributed by atoms with Gasteiger partial charge in [-0.2, -0.15) is 4.31 Å². The van der Waals surface area contributed by atoms with Crippen LogP contribution in [0.5, 0.6) is 0 Å². The molecule has 3 aliphatic heterocycles. The number of sulfonamides is 1. The molecule has 2 N–H and O–H groups in total. The van der Waals surface area contributed by atoms with Crippen molar-refractivity contribution in [3.8, 4) is 0 Å². The summed E-state index contributed by atoms with van der Waals surface area (Å²) in [6.07, 6.45) is 0.755. The van der Waals surface area contributed by atoms with Crippen LogP contribution in [0.15, 0.2) is 23.1 Å². The van der Waals surface area contributed by atoms with Gasteiger partial charge < -0.3 is 10.0 Å². The summed E-state index contributed by atoms with van der Waals surface area (Å²) in [6, 6.07) is 3.61. The van der Waals surface area contributed by atoms with Crippen molar-refractivity contribution >= 4 is 33.7 Å². The standard InChI is InChI=1S/C19H21N3O7S/c23-16-5-4-14(17(24)20-16)22-10-13-12(18(22)25)2-1-3-15(13)30(28,29)21-8-6-11(7-9-21)19(26)27/h1-3,11,14H,4-10H2,(H,26,27)(H,20,23,24). The molecule has 10 nitrogen and oxygen atoms in total. The van der Waals surface area contributed by atoms with E-state index in [2.05, 4.69) is 5.32 Å². The van der Waals surface area contributed by atoms with Crippen molar-refractivity contribution < 1.29 is 32.7 Å². The predicted octanol–water partition coefficient (Wildman–Crippen LogP) is -0.0671. The lowest BCUT2D eigenvalue weighted by Gasteiger charge is -2.30. The summed E-state index contributed by atoms with van der Waals surface area (Å²) in [4.78, 5) is 48.9. The number of carbonyl (C=O) groups is 4. The Labute approximate surface area is 172 Å². The second kappa shape index (κ2) is 7.47. The number of hydrogen-bond acceptors (Lipinski definition) is 6. The van der Waals surface area contributed by atoms with E-state index in [-0.39, 0.29) is 55.8 Å². The molecule has 3 heterocycles. The van der Waals surface area contributed by atoms with Crippen LogP contribution < -0.4 is 5.32 Å².